The minimum atomic E-state index is -1.79. The summed E-state index contributed by atoms with van der Waals surface area (Å²) in [5.74, 6) is 0. The van der Waals surface area contributed by atoms with Gasteiger partial charge in [-0.1, -0.05) is 0 Å². The van der Waals surface area contributed by atoms with Crippen LogP contribution in [-0.2, 0) is 33.2 Å². The van der Waals surface area contributed by atoms with Crippen molar-refractivity contribution < 1.29 is 84.2 Å². The number of rotatable bonds is 6. The Hall–Kier alpha value is -0.680. The quantitative estimate of drug-likeness (QED) is 0.136. The summed E-state index contributed by atoms with van der Waals surface area (Å²) in [5, 5.41) is 104. The van der Waals surface area contributed by atoms with E-state index in [4.69, 9.17) is 33.2 Å². The number of hydrogen-bond donors (Lipinski definition) is 10. The van der Waals surface area contributed by atoms with Gasteiger partial charge in [-0.3, -0.25) is 0 Å². The lowest BCUT2D eigenvalue weighted by Crippen LogP contribution is -2.66. The van der Waals surface area contributed by atoms with Crippen LogP contribution in [-0.4, -0.2) is 174 Å². The maximum absolute atomic E-state index is 11.0. The SMILES string of the molecule is C[C@@H]1O[C@@H](O[C@H]2[C@H](O)[C@H](O[C@H]3[C@H](O)[C@H](O[C@@H]4[C@H](O)[C@H](C)O[C@@H](O)[C@H]4O)O[C@@H](C)[C@H]3O)O[C@@H](C)[C@H]2O)[C@@H](O)[C@H](O)[C@@H]1O. The molecule has 4 heterocycles. The molecule has 4 saturated heterocycles. The molecule has 41 heavy (non-hydrogen) atoms. The Morgan fingerprint density at radius 1 is 0.341 bits per heavy atom. The third-order valence-electron chi connectivity index (χ3n) is 8.05. The van der Waals surface area contributed by atoms with Crippen LogP contribution in [0.1, 0.15) is 27.7 Å². The maximum atomic E-state index is 11.0. The van der Waals surface area contributed by atoms with Gasteiger partial charge in [-0.2, -0.15) is 0 Å². The highest BCUT2D eigenvalue weighted by molar-refractivity contribution is 4.96. The molecule has 20 atom stereocenters. The molecule has 4 fully saturated rings. The van der Waals surface area contributed by atoms with E-state index < -0.39 is 123 Å². The molecular weight excluding hydrogens is 560 g/mol. The van der Waals surface area contributed by atoms with Gasteiger partial charge in [-0.25, -0.2) is 0 Å². The van der Waals surface area contributed by atoms with E-state index >= 15 is 0 Å². The summed E-state index contributed by atoms with van der Waals surface area (Å²) < 4.78 is 38.5. The molecule has 0 aromatic rings. The Labute approximate surface area is 235 Å². The van der Waals surface area contributed by atoms with Crippen molar-refractivity contribution in [3.8, 4) is 0 Å². The molecule has 4 aliphatic rings. The van der Waals surface area contributed by atoms with Crippen LogP contribution in [0.2, 0.25) is 0 Å². The summed E-state index contributed by atoms with van der Waals surface area (Å²) in [4.78, 5) is 0. The Morgan fingerprint density at radius 3 is 1.07 bits per heavy atom. The van der Waals surface area contributed by atoms with Crippen molar-refractivity contribution >= 4 is 0 Å². The lowest BCUT2D eigenvalue weighted by molar-refractivity contribution is -0.384. The fraction of sp³-hybridized carbons (Fsp3) is 1.00. The summed E-state index contributed by atoms with van der Waals surface area (Å²) in [5.41, 5.74) is 0. The monoisotopic (exact) mass is 602 g/mol. The van der Waals surface area contributed by atoms with Gasteiger partial charge in [0, 0.05) is 0 Å². The zero-order chi connectivity index (χ0) is 30.5. The number of ether oxygens (including phenoxy) is 7. The summed E-state index contributed by atoms with van der Waals surface area (Å²) >= 11 is 0. The molecule has 4 aliphatic heterocycles. The van der Waals surface area contributed by atoms with E-state index in [0.717, 1.165) is 0 Å². The molecule has 0 aromatic carbocycles. The zero-order valence-electron chi connectivity index (χ0n) is 22.9. The molecule has 0 unspecified atom stereocenters. The lowest BCUT2D eigenvalue weighted by atomic mass is 9.96. The van der Waals surface area contributed by atoms with E-state index in [1.54, 1.807) is 0 Å². The van der Waals surface area contributed by atoms with E-state index in [2.05, 4.69) is 0 Å². The molecule has 0 aliphatic carbocycles. The highest BCUT2D eigenvalue weighted by atomic mass is 16.8. The largest absolute Gasteiger partial charge is 0.388 e. The lowest BCUT2D eigenvalue weighted by Gasteiger charge is -2.48. The first kappa shape index (κ1) is 33.2. The smallest absolute Gasteiger partial charge is 0.187 e. The second-order valence-corrected chi connectivity index (χ2v) is 11.1. The van der Waals surface area contributed by atoms with Gasteiger partial charge in [0.1, 0.15) is 73.2 Å². The molecule has 0 bridgehead atoms. The van der Waals surface area contributed by atoms with Crippen LogP contribution in [0.4, 0.5) is 0 Å². The van der Waals surface area contributed by atoms with Gasteiger partial charge in [0.25, 0.3) is 0 Å². The first-order valence-electron chi connectivity index (χ1n) is 13.5. The van der Waals surface area contributed by atoms with Gasteiger partial charge >= 0.3 is 0 Å². The second-order valence-electron chi connectivity index (χ2n) is 11.1. The van der Waals surface area contributed by atoms with E-state index in [-0.39, 0.29) is 0 Å². The molecule has 0 radical (unpaired) electrons. The molecule has 4 rings (SSSR count). The summed E-state index contributed by atoms with van der Waals surface area (Å²) in [6.07, 6.45) is -29.4. The molecule has 0 saturated carbocycles. The second kappa shape index (κ2) is 13.1. The average molecular weight is 603 g/mol. The summed E-state index contributed by atoms with van der Waals surface area (Å²) in [6, 6.07) is 0. The van der Waals surface area contributed by atoms with Crippen molar-refractivity contribution in [2.45, 2.75) is 151 Å². The first-order chi connectivity index (χ1) is 19.1. The van der Waals surface area contributed by atoms with E-state index in [0.29, 0.717) is 0 Å². The minimum absolute atomic E-state index is 0.941. The Kier molecular flexibility index (Phi) is 10.6. The predicted molar refractivity (Wildman–Crippen MR) is 128 cm³/mol. The third kappa shape index (κ3) is 6.57. The van der Waals surface area contributed by atoms with Crippen LogP contribution in [0.3, 0.4) is 0 Å². The average Bonchev–Trinajstić information content (AvgIpc) is 2.92. The number of aliphatic hydroxyl groups excluding tert-OH is 10. The Balaban J connectivity index is 1.47. The molecule has 0 aromatic heterocycles. The van der Waals surface area contributed by atoms with Crippen molar-refractivity contribution in [1.82, 2.24) is 0 Å². The van der Waals surface area contributed by atoms with Crippen molar-refractivity contribution in [2.75, 3.05) is 0 Å². The van der Waals surface area contributed by atoms with Crippen LogP contribution >= 0.6 is 0 Å². The van der Waals surface area contributed by atoms with Crippen LogP contribution in [0.5, 0.6) is 0 Å². The van der Waals surface area contributed by atoms with Crippen LogP contribution in [0, 0.1) is 0 Å². The van der Waals surface area contributed by atoms with Crippen molar-refractivity contribution in [3.63, 3.8) is 0 Å². The molecular formula is C24H42O17. The summed E-state index contributed by atoms with van der Waals surface area (Å²) in [6.45, 7) is 5.71. The first-order valence-corrected chi connectivity index (χ1v) is 13.5. The molecule has 0 amide bonds. The van der Waals surface area contributed by atoms with Gasteiger partial charge in [0.2, 0.25) is 0 Å². The maximum Gasteiger partial charge on any atom is 0.187 e. The van der Waals surface area contributed by atoms with E-state index in [1.807, 2.05) is 0 Å². The minimum Gasteiger partial charge on any atom is -0.388 e. The van der Waals surface area contributed by atoms with Crippen molar-refractivity contribution in [1.29, 1.82) is 0 Å². The van der Waals surface area contributed by atoms with Crippen molar-refractivity contribution in [3.05, 3.63) is 0 Å². The van der Waals surface area contributed by atoms with E-state index in [9.17, 15) is 51.1 Å². The molecule has 10 N–H and O–H groups in total. The Morgan fingerprint density at radius 2 is 0.659 bits per heavy atom. The van der Waals surface area contributed by atoms with E-state index in [1.165, 1.54) is 27.7 Å². The van der Waals surface area contributed by atoms with Gasteiger partial charge in [-0.05, 0) is 27.7 Å². The number of aliphatic hydroxyl groups is 10. The van der Waals surface area contributed by atoms with Crippen LogP contribution in [0.25, 0.3) is 0 Å². The highest BCUT2D eigenvalue weighted by Crippen LogP contribution is 2.34. The summed E-state index contributed by atoms with van der Waals surface area (Å²) in [7, 11) is 0. The third-order valence-corrected chi connectivity index (χ3v) is 8.05. The standard InChI is InChI=1S/C24H42O17/c1-5-9(25)13(29)14(30)22(36-5)40-19-11(27)7(3)38-24(16(19)32)41-20-12(28)8(4)37-23(17(20)33)39-18-10(26)6(2)35-21(34)15(18)31/h5-34H,1-4H3/t5-,6-,7-,8-,9+,10+,11+,12+,13+,14-,15-,16-,17-,18+,19+,20+,21+,22-,23-,24-/m0/s1. The topological polar surface area (TPSA) is 267 Å². The van der Waals surface area contributed by atoms with Crippen LogP contribution in [0.15, 0.2) is 0 Å². The van der Waals surface area contributed by atoms with Gasteiger partial charge in [0.05, 0.1) is 24.4 Å². The molecule has 240 valence electrons. The predicted octanol–water partition coefficient (Wildman–Crippen LogP) is -5.64. The zero-order valence-corrected chi connectivity index (χ0v) is 22.9. The van der Waals surface area contributed by atoms with Crippen molar-refractivity contribution in [2.24, 2.45) is 0 Å². The fourth-order valence-electron chi connectivity index (χ4n) is 5.30. The van der Waals surface area contributed by atoms with Gasteiger partial charge in [0.15, 0.2) is 25.2 Å². The molecule has 17 heteroatoms. The normalized spacial score (nSPS) is 56.9. The molecule has 17 nitrogen and oxygen atoms in total. The van der Waals surface area contributed by atoms with Gasteiger partial charge in [-0.15, -0.1) is 0 Å². The fourth-order valence-corrected chi connectivity index (χ4v) is 5.30. The number of hydrogen-bond acceptors (Lipinski definition) is 17. The van der Waals surface area contributed by atoms with Crippen LogP contribution < -0.4 is 0 Å². The molecule has 0 spiro atoms. The van der Waals surface area contributed by atoms with Gasteiger partial charge < -0.3 is 84.2 Å². The Bertz CT molecular complexity index is 839. The highest BCUT2D eigenvalue weighted by Gasteiger charge is 2.54.